The summed E-state index contributed by atoms with van der Waals surface area (Å²) in [5, 5.41) is 0.242. The summed E-state index contributed by atoms with van der Waals surface area (Å²) in [6, 6.07) is 9.76. The molecule has 1 aromatic heterocycles. The fourth-order valence-electron chi connectivity index (χ4n) is 4.33. The Bertz CT molecular complexity index is 1780. The van der Waals surface area contributed by atoms with E-state index in [1.165, 1.54) is 64.8 Å². The SMILES string of the molecule is COc1ccc2c(-c3ccc(OC)c(OP(C)(=O)[O-])c3OP(=O)([O-])[O-])c(C(=O)c3cc(OC)c(OC)c(OC)c3)oc2c1.[Na+].[Na+].[Na+].[Na+]. The van der Waals surface area contributed by atoms with E-state index in [0.717, 1.165) is 13.8 Å². The zero-order valence-electron chi connectivity index (χ0n) is 27.7. The van der Waals surface area contributed by atoms with Crippen LogP contribution in [-0.2, 0) is 9.13 Å². The van der Waals surface area contributed by atoms with Crippen LogP contribution in [0.4, 0.5) is 0 Å². The molecule has 0 aliphatic heterocycles. The molecule has 0 saturated carbocycles. The zero-order chi connectivity index (χ0) is 31.7. The Labute approximate surface area is 359 Å². The number of carbonyl (C=O) groups is 1. The fraction of sp³-hybridized carbons (Fsp3) is 0.222. The predicted molar refractivity (Wildman–Crippen MR) is 147 cm³/mol. The normalized spacial score (nSPS) is 11.7. The summed E-state index contributed by atoms with van der Waals surface area (Å²) in [5.41, 5.74) is -0.183. The molecule has 1 unspecified atom stereocenters. The van der Waals surface area contributed by atoms with Gasteiger partial charge >= 0.3 is 118 Å². The minimum Gasteiger partial charge on any atom is -0.780 e. The van der Waals surface area contributed by atoms with Crippen LogP contribution >= 0.6 is 15.4 Å². The maximum atomic E-state index is 14.1. The van der Waals surface area contributed by atoms with Crippen LogP contribution < -0.4 is 166 Å². The van der Waals surface area contributed by atoms with Crippen LogP contribution in [0.15, 0.2) is 46.9 Å². The molecule has 1 atom stereocenters. The van der Waals surface area contributed by atoms with Crippen LogP contribution in [0.1, 0.15) is 16.1 Å². The van der Waals surface area contributed by atoms with Gasteiger partial charge in [-0.1, -0.05) is 0 Å². The van der Waals surface area contributed by atoms with Gasteiger partial charge in [-0.2, -0.15) is 0 Å². The fourth-order valence-corrected chi connectivity index (χ4v) is 5.24. The minimum absolute atomic E-state index is 0. The van der Waals surface area contributed by atoms with E-state index in [4.69, 9.17) is 37.1 Å². The summed E-state index contributed by atoms with van der Waals surface area (Å²) in [4.78, 5) is 50.0. The summed E-state index contributed by atoms with van der Waals surface area (Å²) >= 11 is 0. The Balaban J connectivity index is 0.00000529. The van der Waals surface area contributed by atoms with Crippen molar-refractivity contribution >= 4 is 32.2 Å². The number of methoxy groups -OCH3 is 5. The van der Waals surface area contributed by atoms with Crippen molar-refractivity contribution in [2.45, 2.75) is 0 Å². The number of ether oxygens (including phenoxy) is 5. The third kappa shape index (κ3) is 10.9. The summed E-state index contributed by atoms with van der Waals surface area (Å²) in [6.07, 6.45) is 0. The van der Waals surface area contributed by atoms with Gasteiger partial charge in [0, 0.05) is 34.8 Å². The van der Waals surface area contributed by atoms with Crippen LogP contribution in [0.3, 0.4) is 0 Å². The molecule has 0 N–H and O–H groups in total. The molecule has 0 fully saturated rings. The Morgan fingerprint density at radius 2 is 1.26 bits per heavy atom. The second kappa shape index (κ2) is 19.4. The first-order valence-electron chi connectivity index (χ1n) is 12.1. The van der Waals surface area contributed by atoms with Gasteiger partial charge in [-0.3, -0.25) is 9.36 Å². The number of benzene rings is 3. The third-order valence-electron chi connectivity index (χ3n) is 6.06. The maximum Gasteiger partial charge on any atom is 1.00 e. The first-order valence-corrected chi connectivity index (χ1v) is 15.6. The predicted octanol–water partition coefficient (Wildman–Crippen LogP) is -8.84. The molecule has 230 valence electrons. The minimum atomic E-state index is -5.85. The standard InChI is InChI=1S/C27H28O14P2.4Na/c1-34-15-7-8-16-19(13-15)39-27(23(28)14-11-20(36-3)25(38-5)21(12-14)37-4)22(16)17-9-10-18(35-2)26(40-42(6,29)30)24(17)41-43(31,32)33;;;;/h7-13H,1-6H3,(H,29,30)(H2,31,32,33);;;;/q;4*+1/p-3. The van der Waals surface area contributed by atoms with E-state index in [9.17, 15) is 28.6 Å². The molecule has 0 amide bonds. The number of carbonyl (C=O) groups excluding carboxylic acids is 1. The van der Waals surface area contributed by atoms with Crippen molar-refractivity contribution in [3.05, 3.63) is 53.8 Å². The zero-order valence-corrected chi connectivity index (χ0v) is 37.4. The number of furan rings is 1. The molecule has 4 aromatic rings. The quantitative estimate of drug-likeness (QED) is 0.0758. The number of phosphoric ester groups is 1. The second-order valence-corrected chi connectivity index (χ2v) is 11.6. The molecule has 0 saturated heterocycles. The molecule has 1 heterocycles. The van der Waals surface area contributed by atoms with Gasteiger partial charge in [0.2, 0.25) is 17.3 Å². The van der Waals surface area contributed by atoms with Crippen molar-refractivity contribution in [1.29, 1.82) is 0 Å². The largest absolute Gasteiger partial charge is 1.00 e. The molecule has 47 heavy (non-hydrogen) atoms. The summed E-state index contributed by atoms with van der Waals surface area (Å²) in [5.74, 6) is -2.08. The molecule has 0 aliphatic carbocycles. The van der Waals surface area contributed by atoms with Crippen LogP contribution in [0, 0.1) is 0 Å². The Hall–Kier alpha value is -0.190. The molecule has 0 spiro atoms. The van der Waals surface area contributed by atoms with E-state index >= 15 is 0 Å². The Morgan fingerprint density at radius 3 is 1.72 bits per heavy atom. The van der Waals surface area contributed by atoms with Gasteiger partial charge in [0.15, 0.2) is 36.4 Å². The van der Waals surface area contributed by atoms with Gasteiger partial charge < -0.3 is 56.4 Å². The molecule has 0 aliphatic rings. The first kappa shape index (κ1) is 46.8. The Kier molecular flexibility index (Phi) is 19.3. The summed E-state index contributed by atoms with van der Waals surface area (Å²) in [7, 11) is -3.80. The van der Waals surface area contributed by atoms with E-state index in [2.05, 4.69) is 0 Å². The van der Waals surface area contributed by atoms with E-state index in [-0.39, 0.29) is 175 Å². The van der Waals surface area contributed by atoms with Crippen molar-refractivity contribution in [2.24, 2.45) is 0 Å². The van der Waals surface area contributed by atoms with Crippen LogP contribution in [-0.4, -0.2) is 48.0 Å². The van der Waals surface area contributed by atoms with Gasteiger partial charge in [0.05, 0.1) is 35.5 Å². The number of fused-ring (bicyclic) bond motifs is 1. The van der Waals surface area contributed by atoms with Crippen molar-refractivity contribution in [1.82, 2.24) is 0 Å². The first-order chi connectivity index (χ1) is 20.2. The maximum absolute atomic E-state index is 14.1. The molecule has 0 radical (unpaired) electrons. The number of phosphoric acid groups is 1. The van der Waals surface area contributed by atoms with E-state index in [1.54, 1.807) is 6.07 Å². The average molecular weight is 727 g/mol. The number of hydrogen-bond donors (Lipinski definition) is 0. The van der Waals surface area contributed by atoms with E-state index in [0.29, 0.717) is 5.75 Å². The third-order valence-corrected chi connectivity index (χ3v) is 6.98. The van der Waals surface area contributed by atoms with Crippen LogP contribution in [0.5, 0.6) is 40.2 Å². The molecule has 0 bridgehead atoms. The average Bonchev–Trinajstić information content (AvgIpc) is 3.33. The number of hydrogen-bond acceptors (Lipinski definition) is 14. The van der Waals surface area contributed by atoms with Crippen LogP contribution in [0.2, 0.25) is 0 Å². The van der Waals surface area contributed by atoms with Gasteiger partial charge in [-0.05, 0) is 36.4 Å². The van der Waals surface area contributed by atoms with E-state index < -0.39 is 32.7 Å². The summed E-state index contributed by atoms with van der Waals surface area (Å²) in [6.45, 7) is 0.718. The topological polar surface area (TPSA) is 198 Å². The van der Waals surface area contributed by atoms with Crippen molar-refractivity contribution in [2.75, 3.05) is 42.2 Å². The molecular formula is C27H25Na4O14P2+. The molecule has 4 rings (SSSR count). The van der Waals surface area contributed by atoms with Crippen molar-refractivity contribution < 1.29 is 184 Å². The van der Waals surface area contributed by atoms with Gasteiger partial charge in [-0.15, -0.1) is 0 Å². The monoisotopic (exact) mass is 727 g/mol. The van der Waals surface area contributed by atoms with Gasteiger partial charge in [0.25, 0.3) is 0 Å². The molecule has 14 nitrogen and oxygen atoms in total. The second-order valence-electron chi connectivity index (χ2n) is 8.79. The molecule has 3 aromatic carbocycles. The molecular weight excluding hydrogens is 702 g/mol. The smallest absolute Gasteiger partial charge is 0.780 e. The van der Waals surface area contributed by atoms with Crippen molar-refractivity contribution in [3.8, 4) is 51.4 Å². The van der Waals surface area contributed by atoms with E-state index in [1.807, 2.05) is 0 Å². The van der Waals surface area contributed by atoms with Crippen LogP contribution in [0.25, 0.3) is 22.1 Å². The number of rotatable bonds is 12. The molecule has 20 heteroatoms. The number of ketones is 1. The Morgan fingerprint density at radius 1 is 0.681 bits per heavy atom. The van der Waals surface area contributed by atoms with Crippen molar-refractivity contribution in [3.63, 3.8) is 0 Å². The summed E-state index contributed by atoms with van der Waals surface area (Å²) < 4.78 is 66.3. The van der Waals surface area contributed by atoms with Gasteiger partial charge in [0.1, 0.15) is 19.2 Å². The van der Waals surface area contributed by atoms with Gasteiger partial charge in [-0.25, -0.2) is 0 Å².